The van der Waals surface area contributed by atoms with Gasteiger partial charge in [-0.25, -0.2) is 10.0 Å². The summed E-state index contributed by atoms with van der Waals surface area (Å²) in [7, 11) is 2.08. The highest BCUT2D eigenvalue weighted by Gasteiger charge is 2.45. The van der Waals surface area contributed by atoms with Gasteiger partial charge in [-0.1, -0.05) is 176 Å². The molecule has 556 valence electrons. The number of anilines is 6. The Bertz CT molecular complexity index is 6030. The second-order valence-electron chi connectivity index (χ2n) is 28.8. The van der Waals surface area contributed by atoms with Crippen LogP contribution in [0.25, 0.3) is 40.0 Å². The molecule has 0 saturated carbocycles. The number of nitrogens with zero attached hydrogens (tertiary/aromatic N) is 5. The topological polar surface area (TPSA) is 148 Å². The van der Waals surface area contributed by atoms with Gasteiger partial charge in [0.2, 0.25) is 0 Å². The van der Waals surface area contributed by atoms with E-state index in [4.69, 9.17) is 14.2 Å². The molecular formula is C100H77N5O9. The van der Waals surface area contributed by atoms with Crippen LogP contribution in [0.2, 0.25) is 0 Å². The van der Waals surface area contributed by atoms with E-state index in [9.17, 15) is 28.8 Å². The molecule has 14 nitrogen and oxygen atoms in total. The lowest BCUT2D eigenvalue weighted by Gasteiger charge is -2.37. The Morgan fingerprint density at radius 2 is 0.711 bits per heavy atom. The van der Waals surface area contributed by atoms with Crippen LogP contribution in [0.1, 0.15) is 103 Å². The van der Waals surface area contributed by atoms with E-state index in [2.05, 4.69) is 131 Å². The molecule has 1 saturated heterocycles. The van der Waals surface area contributed by atoms with Crippen LogP contribution in [0, 0.1) is 0 Å². The molecule has 6 aliphatic heterocycles. The number of allylic oxidation sites excluding steroid dienone is 17. The molecule has 0 radical (unpaired) electrons. The number of hydrazine groups is 1. The molecule has 11 aromatic rings. The van der Waals surface area contributed by atoms with Crippen molar-refractivity contribution >= 4 is 109 Å². The fourth-order valence-corrected chi connectivity index (χ4v) is 16.1. The summed E-state index contributed by atoms with van der Waals surface area (Å²) in [5.74, 6) is 1.91. The zero-order valence-electron chi connectivity index (χ0n) is 63.3. The summed E-state index contributed by atoms with van der Waals surface area (Å²) in [5, 5.41) is 5.30. The van der Waals surface area contributed by atoms with Crippen LogP contribution in [0.5, 0.6) is 0 Å². The van der Waals surface area contributed by atoms with Gasteiger partial charge < -0.3 is 28.6 Å². The van der Waals surface area contributed by atoms with Crippen molar-refractivity contribution in [2.24, 2.45) is 7.05 Å². The third-order valence-corrected chi connectivity index (χ3v) is 21.2. The SMILES string of the molecule is CC1=CC(=C2C(=O)N(c3ccccc3)N(c3ccccc3)C2=O)C=C(/C=C/c2cc3c4c(c2)CCCN4CCC3)O1.CC1=CC(=C2C(=O)c3ccccc3C2=O)C=C(/C=C/c2ccc(N(c3ccccc3)c3ccccc3)cc2)O1.CC1=CC(=C2C(=O)c3ccccc3C2=O)C=C(/C=C/c2ccc3c(c2)c2ccccc2n3C)O1. The maximum absolute atomic E-state index is 13.9. The number of Topliss-reactive ketones (excluding diaryl/α,β-unsaturated/α-hetero) is 4. The predicted molar refractivity (Wildman–Crippen MR) is 452 cm³/mol. The average molecular weight is 1490 g/mol. The Hall–Kier alpha value is -14.5. The van der Waals surface area contributed by atoms with Gasteiger partial charge in [0.25, 0.3) is 11.8 Å². The minimum atomic E-state index is -0.371. The fraction of sp³-hybridized carbons (Fsp3) is 0.100. The van der Waals surface area contributed by atoms with Crippen molar-refractivity contribution in [2.45, 2.75) is 46.5 Å². The normalized spacial score (nSPS) is 16.4. The predicted octanol–water partition coefficient (Wildman–Crippen LogP) is 21.4. The Kier molecular flexibility index (Phi) is 19.7. The maximum atomic E-state index is 13.9. The number of ketones is 4. The van der Waals surface area contributed by atoms with E-state index in [1.807, 2.05) is 148 Å². The first-order valence-corrected chi connectivity index (χ1v) is 38.2. The van der Waals surface area contributed by atoms with E-state index in [0.29, 0.717) is 84.9 Å². The molecule has 0 unspecified atom stereocenters. The van der Waals surface area contributed by atoms with Crippen molar-refractivity contribution < 1.29 is 43.0 Å². The molecule has 0 bridgehead atoms. The number of aromatic nitrogens is 1. The minimum absolute atomic E-state index is 0.115. The van der Waals surface area contributed by atoms with Crippen LogP contribution in [-0.4, -0.2) is 52.6 Å². The number of amides is 2. The second-order valence-corrected chi connectivity index (χ2v) is 28.8. The minimum Gasteiger partial charge on any atom is -0.462 e. The van der Waals surface area contributed by atoms with Crippen molar-refractivity contribution in [2.75, 3.05) is 32.9 Å². The lowest BCUT2D eigenvalue weighted by atomic mass is 9.90. The summed E-state index contributed by atoms with van der Waals surface area (Å²) in [6.45, 7) is 7.78. The zero-order chi connectivity index (χ0) is 78.1. The Labute approximate surface area is 660 Å². The first kappa shape index (κ1) is 72.4. The van der Waals surface area contributed by atoms with Crippen LogP contribution in [0.15, 0.2) is 371 Å². The molecule has 2 amide bonds. The number of ether oxygens (including phenoxy) is 3. The summed E-state index contributed by atoms with van der Waals surface area (Å²) in [4.78, 5) is 84.4. The molecule has 19 rings (SSSR count). The van der Waals surface area contributed by atoms with Crippen LogP contribution in [0.3, 0.4) is 0 Å². The highest BCUT2D eigenvalue weighted by Crippen LogP contribution is 2.42. The van der Waals surface area contributed by atoms with Gasteiger partial charge >= 0.3 is 0 Å². The highest BCUT2D eigenvalue weighted by atomic mass is 16.5. The van der Waals surface area contributed by atoms with Crippen LogP contribution >= 0.6 is 0 Å². The van der Waals surface area contributed by atoms with E-state index in [1.54, 1.807) is 85.0 Å². The van der Waals surface area contributed by atoms with E-state index in [1.165, 1.54) is 61.5 Å². The van der Waals surface area contributed by atoms with Crippen LogP contribution < -0.4 is 19.8 Å². The van der Waals surface area contributed by atoms with Gasteiger partial charge in [-0.15, -0.1) is 0 Å². The molecule has 0 spiro atoms. The van der Waals surface area contributed by atoms with Gasteiger partial charge in [0, 0.05) is 86.9 Å². The van der Waals surface area contributed by atoms with Crippen molar-refractivity contribution in [3.8, 4) is 0 Å². The smallest absolute Gasteiger partial charge is 0.283 e. The number of benzene rings is 10. The average Bonchev–Trinajstić information content (AvgIpc) is 1.46. The Morgan fingerprint density at radius 1 is 0.342 bits per heavy atom. The molecule has 2 aliphatic carbocycles. The second kappa shape index (κ2) is 31.1. The summed E-state index contributed by atoms with van der Waals surface area (Å²) in [6.07, 6.45) is 26.8. The number of hydrogen-bond acceptors (Lipinski definition) is 11. The maximum Gasteiger partial charge on any atom is 0.283 e. The number of para-hydroxylation sites is 5. The van der Waals surface area contributed by atoms with Crippen molar-refractivity contribution in [3.63, 3.8) is 0 Å². The molecule has 14 heteroatoms. The molecule has 1 fully saturated rings. The summed E-state index contributed by atoms with van der Waals surface area (Å²) in [5.41, 5.74) is 18.3. The Morgan fingerprint density at radius 3 is 1.17 bits per heavy atom. The van der Waals surface area contributed by atoms with Crippen LogP contribution in [0.4, 0.5) is 34.1 Å². The quantitative estimate of drug-likeness (QED) is 0.0900. The van der Waals surface area contributed by atoms with E-state index in [0.717, 1.165) is 59.7 Å². The number of rotatable bonds is 11. The lowest BCUT2D eigenvalue weighted by molar-refractivity contribution is -0.116. The number of aryl methyl sites for hydroxylation is 3. The first-order valence-electron chi connectivity index (χ1n) is 38.2. The van der Waals surface area contributed by atoms with E-state index < -0.39 is 0 Å². The first-order chi connectivity index (χ1) is 55.7. The summed E-state index contributed by atoms with van der Waals surface area (Å²) < 4.78 is 20.0. The molecule has 0 atom stereocenters. The zero-order valence-corrected chi connectivity index (χ0v) is 63.3. The molecule has 0 N–H and O–H groups in total. The third-order valence-electron chi connectivity index (χ3n) is 21.2. The summed E-state index contributed by atoms with van der Waals surface area (Å²) in [6, 6.07) is 80.5. The molecule has 10 aromatic carbocycles. The van der Waals surface area contributed by atoms with Gasteiger partial charge in [-0.2, -0.15) is 0 Å². The van der Waals surface area contributed by atoms with Gasteiger partial charge in [-0.05, 0) is 237 Å². The van der Waals surface area contributed by atoms with E-state index >= 15 is 0 Å². The molecule has 114 heavy (non-hydrogen) atoms. The van der Waals surface area contributed by atoms with Gasteiger partial charge in [0.1, 0.15) is 40.1 Å². The number of fused-ring (bicyclic) bond motifs is 5. The molecule has 7 heterocycles. The summed E-state index contributed by atoms with van der Waals surface area (Å²) >= 11 is 0. The standard InChI is InChI=1S/C35H31N3O3.C35H25NO3.C30H21NO3/c1-24-20-28(23-31(41-24)17-16-25-21-26-10-8-18-36-19-9-11-27(22-25)33(26)36)32-34(39)37(29-12-4-2-5-13-29)38(35(32)40)30-14-6-3-7-15-30;1-24-22-26(33-34(37)31-14-8-9-15-32(31)35(33)38)23-30(39-24)21-18-25-16-19-29(20-17-25)36(27-10-4-2-5-11-27)28-12-6-3-7-13-28;1-18-15-20(28-29(32)23-8-3-4-9-24(23)30(28)33)17-21(34-18)13-11-19-12-14-27-25(16-19)22-7-5-6-10-26(22)31(27)2/h2-7,12-17,20-23H,8-11,18-19H2,1H3;2-23H,1H3;3-17H,1-2H3/b17-16+;21-18+;13-11+. The fourth-order valence-electron chi connectivity index (χ4n) is 16.1. The number of hydrogen-bond donors (Lipinski definition) is 0. The van der Waals surface area contributed by atoms with Crippen molar-refractivity contribution in [1.29, 1.82) is 0 Å². The lowest BCUT2D eigenvalue weighted by Crippen LogP contribution is -2.41. The van der Waals surface area contributed by atoms with Crippen molar-refractivity contribution in [3.05, 3.63) is 421 Å². The molecular weight excluding hydrogens is 1420 g/mol. The van der Waals surface area contributed by atoms with Crippen molar-refractivity contribution in [1.82, 2.24) is 4.57 Å². The molecule has 8 aliphatic rings. The van der Waals surface area contributed by atoms with Gasteiger partial charge in [-0.3, -0.25) is 28.8 Å². The Balaban J connectivity index is 0.000000124. The molecule has 1 aromatic heterocycles. The van der Waals surface area contributed by atoms with Gasteiger partial charge in [0.15, 0.2) is 23.1 Å². The largest absolute Gasteiger partial charge is 0.462 e. The van der Waals surface area contributed by atoms with Gasteiger partial charge in [0.05, 0.1) is 22.5 Å². The monoisotopic (exact) mass is 1490 g/mol. The van der Waals surface area contributed by atoms with E-state index in [-0.39, 0.29) is 51.7 Å². The van der Waals surface area contributed by atoms with Crippen LogP contribution in [-0.2, 0) is 43.7 Å². The number of carbonyl (C=O) groups excluding carboxylic acids is 6. The number of carbonyl (C=O) groups is 6. The third kappa shape index (κ3) is 14.2. The highest BCUT2D eigenvalue weighted by molar-refractivity contribution is 6.41.